The standard InChI is InChI=1S/C40H8F8N8/c1-54-28(15-52)25-11-24(20-5-18(13-50)7-22(9-20)31-36(45)38(47)40(56-3)39(48)37(31)46)26(29(16-53)55-2)10-23(25)19-4-17(12-49)6-21(8-19)30-34(43)32(41)27(14-51)33(42)35(30)44/h4-11H/b28-25+,29-26-. The van der Waals surface area contributed by atoms with Gasteiger partial charge in [0.05, 0.1) is 66.2 Å². The van der Waals surface area contributed by atoms with Gasteiger partial charge in [-0.1, -0.05) is 12.1 Å². The van der Waals surface area contributed by atoms with E-state index in [-0.39, 0.29) is 32.7 Å². The SMILES string of the molecule is [C-]#[N+]/C(C#N)=c1/cc(-c2cc(C#N)cc(-c3c(F)c(F)c(C#N)c(F)c3F)c2)/c(=C(\C#N)[N+]#[C-])cc1-c1cc(C#N)cc(-c2c(F)c(F)c([N+]#[C-])c(F)c2F)c1. The van der Waals surface area contributed by atoms with Crippen LogP contribution in [0.3, 0.4) is 0 Å². The number of nitrogens with zero attached hydrogens (tertiary/aromatic N) is 8. The number of rotatable bonds is 4. The number of hydrogen-bond acceptors (Lipinski definition) is 5. The van der Waals surface area contributed by atoms with Crippen LogP contribution in [0.25, 0.3) is 70.4 Å². The average Bonchev–Trinajstić information content (AvgIpc) is 3.20. The van der Waals surface area contributed by atoms with Crippen LogP contribution in [-0.2, 0) is 0 Å². The summed E-state index contributed by atoms with van der Waals surface area (Å²) in [5, 5.41) is 47.7. The second kappa shape index (κ2) is 15.0. The summed E-state index contributed by atoms with van der Waals surface area (Å²) in [6.07, 6.45) is 0. The van der Waals surface area contributed by atoms with Crippen LogP contribution in [0.4, 0.5) is 40.8 Å². The Morgan fingerprint density at radius 1 is 0.446 bits per heavy atom. The molecule has 16 heteroatoms. The summed E-state index contributed by atoms with van der Waals surface area (Å²) >= 11 is 0. The molecule has 0 aliphatic heterocycles. The molecule has 0 atom stereocenters. The van der Waals surface area contributed by atoms with Crippen molar-refractivity contribution in [1.82, 2.24) is 0 Å². The molecule has 0 N–H and O–H groups in total. The molecule has 0 heterocycles. The first-order valence-electron chi connectivity index (χ1n) is 14.8. The third kappa shape index (κ3) is 6.21. The molecule has 0 spiro atoms. The third-order valence-electron chi connectivity index (χ3n) is 8.15. The van der Waals surface area contributed by atoms with E-state index in [0.29, 0.717) is 0 Å². The Hall–Kier alpha value is -8.80. The minimum atomic E-state index is -2.05. The van der Waals surface area contributed by atoms with Crippen molar-refractivity contribution in [2.75, 3.05) is 0 Å². The Morgan fingerprint density at radius 3 is 1.11 bits per heavy atom. The van der Waals surface area contributed by atoms with Crippen molar-refractivity contribution in [2.45, 2.75) is 0 Å². The number of halogens is 8. The highest BCUT2D eigenvalue weighted by Crippen LogP contribution is 2.39. The minimum absolute atomic E-state index is 0.284. The predicted octanol–water partition coefficient (Wildman–Crippen LogP) is 8.74. The maximum Gasteiger partial charge on any atom is 0.269 e. The van der Waals surface area contributed by atoms with Gasteiger partial charge in [0.2, 0.25) is 0 Å². The molecule has 0 saturated carbocycles. The van der Waals surface area contributed by atoms with Gasteiger partial charge in [0.1, 0.15) is 11.6 Å². The summed E-state index contributed by atoms with van der Waals surface area (Å²) < 4.78 is 120. The molecule has 264 valence electrons. The highest BCUT2D eigenvalue weighted by atomic mass is 19.2. The first-order chi connectivity index (χ1) is 26.7. The molecule has 5 aromatic rings. The fourth-order valence-corrected chi connectivity index (χ4v) is 5.70. The lowest BCUT2D eigenvalue weighted by Crippen LogP contribution is -2.19. The van der Waals surface area contributed by atoms with Crippen LogP contribution >= 0.6 is 0 Å². The van der Waals surface area contributed by atoms with Crippen molar-refractivity contribution in [3.8, 4) is 74.9 Å². The van der Waals surface area contributed by atoms with Gasteiger partial charge in [0.15, 0.2) is 46.5 Å². The Balaban J connectivity index is 1.97. The second-order valence-corrected chi connectivity index (χ2v) is 11.1. The predicted molar refractivity (Wildman–Crippen MR) is 179 cm³/mol. The molecule has 0 unspecified atom stereocenters. The molecule has 56 heavy (non-hydrogen) atoms. The zero-order valence-electron chi connectivity index (χ0n) is 27.2. The Labute approximate surface area is 309 Å². The van der Waals surface area contributed by atoms with Crippen LogP contribution in [0.15, 0.2) is 48.5 Å². The average molecular weight is 753 g/mol. The van der Waals surface area contributed by atoms with Crippen LogP contribution in [0.5, 0.6) is 0 Å². The van der Waals surface area contributed by atoms with Crippen LogP contribution < -0.4 is 10.4 Å². The van der Waals surface area contributed by atoms with Crippen LogP contribution in [-0.4, -0.2) is 0 Å². The zero-order chi connectivity index (χ0) is 41.2. The summed E-state index contributed by atoms with van der Waals surface area (Å²) in [5.41, 5.74) is -10.7. The number of hydrogen-bond donors (Lipinski definition) is 0. The van der Waals surface area contributed by atoms with E-state index in [4.69, 9.17) is 25.0 Å². The van der Waals surface area contributed by atoms with Gasteiger partial charge in [-0.3, -0.25) is 0 Å². The first kappa shape index (κ1) is 38.4. The molecule has 0 saturated heterocycles. The maximum atomic E-state index is 15.2. The number of nitriles is 5. The lowest BCUT2D eigenvalue weighted by atomic mass is 9.89. The molecule has 0 amide bonds. The van der Waals surface area contributed by atoms with Gasteiger partial charge in [0.25, 0.3) is 17.1 Å². The van der Waals surface area contributed by atoms with Crippen molar-refractivity contribution in [3.05, 3.63) is 156 Å². The van der Waals surface area contributed by atoms with E-state index in [0.717, 1.165) is 54.6 Å². The monoisotopic (exact) mass is 752 g/mol. The second-order valence-electron chi connectivity index (χ2n) is 11.1. The van der Waals surface area contributed by atoms with E-state index in [1.54, 1.807) is 24.3 Å². The van der Waals surface area contributed by atoms with Gasteiger partial charge in [-0.05, 0) is 80.2 Å². The number of benzene rings is 5. The van der Waals surface area contributed by atoms with Crippen LogP contribution in [0.2, 0.25) is 0 Å². The molecule has 5 aromatic carbocycles. The van der Waals surface area contributed by atoms with Crippen molar-refractivity contribution in [1.29, 1.82) is 26.3 Å². The van der Waals surface area contributed by atoms with Crippen molar-refractivity contribution >= 4 is 17.1 Å². The van der Waals surface area contributed by atoms with E-state index in [1.165, 1.54) is 0 Å². The molecule has 5 rings (SSSR count). The van der Waals surface area contributed by atoms with Gasteiger partial charge in [-0.2, -0.15) is 15.8 Å². The maximum absolute atomic E-state index is 15.2. The van der Waals surface area contributed by atoms with Crippen molar-refractivity contribution < 1.29 is 35.1 Å². The lowest BCUT2D eigenvalue weighted by molar-refractivity contribution is 0.454. The molecule has 8 nitrogen and oxygen atoms in total. The van der Waals surface area contributed by atoms with E-state index < -0.39 is 103 Å². The van der Waals surface area contributed by atoms with E-state index in [9.17, 15) is 38.6 Å². The van der Waals surface area contributed by atoms with Crippen molar-refractivity contribution in [3.63, 3.8) is 0 Å². The first-order valence-corrected chi connectivity index (χ1v) is 14.8. The minimum Gasteiger partial charge on any atom is -0.232 e. The Bertz CT molecular complexity index is 2820. The molecule has 0 radical (unpaired) electrons. The Kier molecular flexibility index (Phi) is 10.3. The van der Waals surface area contributed by atoms with Crippen molar-refractivity contribution in [2.24, 2.45) is 0 Å². The van der Waals surface area contributed by atoms with Gasteiger partial charge < -0.3 is 0 Å². The highest BCUT2D eigenvalue weighted by molar-refractivity contribution is 5.86. The molecule has 0 aliphatic carbocycles. The van der Waals surface area contributed by atoms with Crippen LogP contribution in [0, 0.1) is 123 Å². The van der Waals surface area contributed by atoms with Gasteiger partial charge >= 0.3 is 0 Å². The normalized spacial score (nSPS) is 11.3. The van der Waals surface area contributed by atoms with E-state index in [2.05, 4.69) is 14.5 Å². The summed E-state index contributed by atoms with van der Waals surface area (Å²) in [6.45, 7) is 22.2. The van der Waals surface area contributed by atoms with E-state index in [1.807, 2.05) is 0 Å². The van der Waals surface area contributed by atoms with Gasteiger partial charge in [0, 0.05) is 0 Å². The molecule has 0 bridgehead atoms. The highest BCUT2D eigenvalue weighted by Gasteiger charge is 2.29. The summed E-state index contributed by atoms with van der Waals surface area (Å²) in [7, 11) is 0. The van der Waals surface area contributed by atoms with E-state index >= 15 is 17.6 Å². The molecule has 0 aromatic heterocycles. The summed E-state index contributed by atoms with van der Waals surface area (Å²) in [6, 6.07) is 15.1. The van der Waals surface area contributed by atoms with Crippen LogP contribution in [0.1, 0.15) is 16.7 Å². The largest absolute Gasteiger partial charge is 0.269 e. The molecule has 0 aliphatic rings. The molecular weight excluding hydrogens is 744 g/mol. The summed E-state index contributed by atoms with van der Waals surface area (Å²) in [5.74, 6) is -16.2. The Morgan fingerprint density at radius 2 is 0.804 bits per heavy atom. The van der Waals surface area contributed by atoms with Gasteiger partial charge in [-0.15, -0.1) is 0 Å². The fraction of sp³-hybridized carbons (Fsp3) is 0. The smallest absolute Gasteiger partial charge is 0.232 e. The fourth-order valence-electron chi connectivity index (χ4n) is 5.70. The molecule has 0 fully saturated rings. The quantitative estimate of drug-likeness (QED) is 0.103. The lowest BCUT2D eigenvalue weighted by Gasteiger charge is -2.15. The topological polar surface area (TPSA) is 132 Å². The summed E-state index contributed by atoms with van der Waals surface area (Å²) in [4.78, 5) is 8.79. The van der Waals surface area contributed by atoms with Gasteiger partial charge in [-0.25, -0.2) is 60.2 Å². The molecular formula is C40H8F8N8. The third-order valence-corrected chi connectivity index (χ3v) is 8.15. The zero-order valence-corrected chi connectivity index (χ0v) is 27.2.